The van der Waals surface area contributed by atoms with Crippen LogP contribution in [0.25, 0.3) is 0 Å². The van der Waals surface area contributed by atoms with Crippen molar-refractivity contribution >= 4 is 0 Å². The molecule has 1 nitrogen and oxygen atoms in total. The molecule has 0 aliphatic rings. The molecule has 0 saturated heterocycles. The molecule has 0 aromatic heterocycles. The van der Waals surface area contributed by atoms with E-state index >= 15 is 0 Å². The Morgan fingerprint density at radius 2 is 1.62 bits per heavy atom. The Bertz CT molecular complexity index is 166. The lowest BCUT2D eigenvalue weighted by Gasteiger charge is -1.94. The molecule has 0 fully saturated rings. The summed E-state index contributed by atoms with van der Waals surface area (Å²) in [4.78, 5) is 0. The highest BCUT2D eigenvalue weighted by Crippen LogP contribution is 2.04. The van der Waals surface area contributed by atoms with Crippen molar-refractivity contribution < 1.29 is 5.11 Å². The molecule has 0 rings (SSSR count). The molecule has 0 aliphatic carbocycles. The van der Waals surface area contributed by atoms with E-state index in [2.05, 4.69) is 25.2 Å². The fraction of sp³-hybridized carbons (Fsp3) is 0.500. The first kappa shape index (κ1) is 12.0. The molecule has 0 saturated carbocycles. The number of unbranched alkanes of at least 4 members (excludes halogenated alkanes) is 4. The van der Waals surface area contributed by atoms with Gasteiger partial charge >= 0.3 is 0 Å². The van der Waals surface area contributed by atoms with Crippen LogP contribution >= 0.6 is 0 Å². The molecule has 0 bridgehead atoms. The van der Waals surface area contributed by atoms with Crippen molar-refractivity contribution in [3.8, 4) is 0 Å². The van der Waals surface area contributed by atoms with Gasteiger partial charge in [0, 0.05) is 0 Å². The standard InChI is InChI=1S/C12H20O/c1-2-3-4-5-6-7-8-9-10-11-12-13/h2-3,9-13H,4-8H2,1H3. The van der Waals surface area contributed by atoms with E-state index in [1.165, 1.54) is 25.7 Å². The quantitative estimate of drug-likeness (QED) is 0.270. The van der Waals surface area contributed by atoms with Crippen molar-refractivity contribution in [2.24, 2.45) is 0 Å². The smallest absolute Gasteiger partial charge is 0.0791 e. The molecule has 0 unspecified atom stereocenters. The maximum atomic E-state index is 8.33. The summed E-state index contributed by atoms with van der Waals surface area (Å²) in [5.74, 6) is 0. The molecule has 0 aliphatic heterocycles. The fourth-order valence-electron chi connectivity index (χ4n) is 1.09. The van der Waals surface area contributed by atoms with E-state index in [0.717, 1.165) is 12.7 Å². The van der Waals surface area contributed by atoms with Crippen LogP contribution in [0.2, 0.25) is 0 Å². The molecule has 0 aromatic carbocycles. The second-order valence-corrected chi connectivity index (χ2v) is 2.98. The van der Waals surface area contributed by atoms with E-state index in [4.69, 9.17) is 5.11 Å². The van der Waals surface area contributed by atoms with E-state index in [1.54, 1.807) is 6.08 Å². The largest absolute Gasteiger partial charge is 0.516 e. The monoisotopic (exact) mass is 180 g/mol. The van der Waals surface area contributed by atoms with Crippen LogP contribution in [0.1, 0.15) is 39.0 Å². The van der Waals surface area contributed by atoms with Gasteiger partial charge in [-0.3, -0.25) is 0 Å². The van der Waals surface area contributed by atoms with Crippen molar-refractivity contribution in [2.75, 3.05) is 0 Å². The van der Waals surface area contributed by atoms with Crippen LogP contribution in [0, 0.1) is 0 Å². The molecule has 0 heterocycles. The summed E-state index contributed by atoms with van der Waals surface area (Å²) >= 11 is 0. The zero-order chi connectivity index (χ0) is 9.78. The van der Waals surface area contributed by atoms with Gasteiger partial charge in [0.2, 0.25) is 0 Å². The summed E-state index contributed by atoms with van der Waals surface area (Å²) in [7, 11) is 0. The third kappa shape index (κ3) is 11.0. The van der Waals surface area contributed by atoms with Crippen molar-refractivity contribution in [2.45, 2.75) is 39.0 Å². The number of hydrogen-bond acceptors (Lipinski definition) is 1. The first-order valence-corrected chi connectivity index (χ1v) is 4.99. The van der Waals surface area contributed by atoms with Gasteiger partial charge in [-0.25, -0.2) is 0 Å². The van der Waals surface area contributed by atoms with Crippen LogP contribution in [-0.4, -0.2) is 5.11 Å². The number of aliphatic hydroxyl groups is 1. The molecule has 1 heteroatoms. The summed E-state index contributed by atoms with van der Waals surface area (Å²) < 4.78 is 0. The van der Waals surface area contributed by atoms with Crippen molar-refractivity contribution in [3.63, 3.8) is 0 Å². The van der Waals surface area contributed by atoms with E-state index in [1.807, 2.05) is 6.08 Å². The first-order valence-electron chi connectivity index (χ1n) is 4.99. The van der Waals surface area contributed by atoms with Gasteiger partial charge in [-0.2, -0.15) is 0 Å². The van der Waals surface area contributed by atoms with Gasteiger partial charge in [-0.15, -0.1) is 0 Å². The van der Waals surface area contributed by atoms with Crippen LogP contribution in [-0.2, 0) is 0 Å². The lowest BCUT2D eigenvalue weighted by Crippen LogP contribution is -1.74. The maximum Gasteiger partial charge on any atom is 0.0791 e. The van der Waals surface area contributed by atoms with E-state index < -0.39 is 0 Å². The van der Waals surface area contributed by atoms with E-state index in [-0.39, 0.29) is 0 Å². The van der Waals surface area contributed by atoms with Crippen LogP contribution in [0.15, 0.2) is 36.6 Å². The molecule has 0 spiro atoms. The zero-order valence-corrected chi connectivity index (χ0v) is 8.45. The lowest BCUT2D eigenvalue weighted by atomic mass is 10.1. The average Bonchev–Trinajstić information content (AvgIpc) is 2.16. The Labute approximate surface area is 81.5 Å². The van der Waals surface area contributed by atoms with Crippen LogP contribution in [0.3, 0.4) is 0 Å². The zero-order valence-electron chi connectivity index (χ0n) is 8.45. The summed E-state index contributed by atoms with van der Waals surface area (Å²) in [6.45, 7) is 2.06. The highest BCUT2D eigenvalue weighted by atomic mass is 16.2. The first-order chi connectivity index (χ1) is 6.41. The van der Waals surface area contributed by atoms with Crippen LogP contribution in [0.4, 0.5) is 0 Å². The predicted molar refractivity (Wildman–Crippen MR) is 58.8 cm³/mol. The predicted octanol–water partition coefficient (Wildman–Crippen LogP) is 4.14. The number of aliphatic hydroxyl groups excluding tert-OH is 1. The van der Waals surface area contributed by atoms with Gasteiger partial charge in [-0.1, -0.05) is 30.7 Å². The van der Waals surface area contributed by atoms with Gasteiger partial charge in [0.25, 0.3) is 0 Å². The maximum absolute atomic E-state index is 8.33. The number of rotatable bonds is 7. The van der Waals surface area contributed by atoms with Crippen LogP contribution in [0.5, 0.6) is 0 Å². The SMILES string of the molecule is CC=CCCCCCC=CC=CO. The Balaban J connectivity index is 3.07. The Hall–Kier alpha value is -0.980. The molecule has 1 N–H and O–H groups in total. The third-order valence-corrected chi connectivity index (χ3v) is 1.81. The Kier molecular flexibility index (Phi) is 10.2. The summed E-state index contributed by atoms with van der Waals surface area (Å²) in [5.41, 5.74) is 0. The summed E-state index contributed by atoms with van der Waals surface area (Å²) in [6.07, 6.45) is 17.1. The van der Waals surface area contributed by atoms with Crippen LogP contribution < -0.4 is 0 Å². The minimum atomic E-state index is 1.06. The average molecular weight is 180 g/mol. The van der Waals surface area contributed by atoms with E-state index in [0.29, 0.717) is 0 Å². The normalized spacial score (nSPS) is 12.4. The minimum absolute atomic E-state index is 1.06. The summed E-state index contributed by atoms with van der Waals surface area (Å²) in [6, 6.07) is 0. The lowest BCUT2D eigenvalue weighted by molar-refractivity contribution is 0.473. The minimum Gasteiger partial charge on any atom is -0.516 e. The third-order valence-electron chi connectivity index (χ3n) is 1.81. The highest BCUT2D eigenvalue weighted by Gasteiger charge is 1.84. The molecule has 0 amide bonds. The number of allylic oxidation sites excluding steroid dienone is 5. The van der Waals surface area contributed by atoms with Gasteiger partial charge in [0.15, 0.2) is 0 Å². The molecule has 0 radical (unpaired) electrons. The molecular formula is C12H20O. The molecular weight excluding hydrogens is 160 g/mol. The number of hydrogen-bond donors (Lipinski definition) is 1. The second kappa shape index (κ2) is 11.0. The van der Waals surface area contributed by atoms with Crippen molar-refractivity contribution in [1.29, 1.82) is 0 Å². The Morgan fingerprint density at radius 1 is 0.923 bits per heavy atom. The fourth-order valence-corrected chi connectivity index (χ4v) is 1.09. The molecule has 74 valence electrons. The topological polar surface area (TPSA) is 20.2 Å². The second-order valence-electron chi connectivity index (χ2n) is 2.98. The molecule has 13 heavy (non-hydrogen) atoms. The Morgan fingerprint density at radius 3 is 2.23 bits per heavy atom. The summed E-state index contributed by atoms with van der Waals surface area (Å²) in [5, 5.41) is 8.33. The molecule has 0 aromatic rings. The molecule has 0 atom stereocenters. The van der Waals surface area contributed by atoms with E-state index in [9.17, 15) is 0 Å². The van der Waals surface area contributed by atoms with Gasteiger partial charge in [0.1, 0.15) is 0 Å². The van der Waals surface area contributed by atoms with Gasteiger partial charge in [-0.05, 0) is 38.7 Å². The van der Waals surface area contributed by atoms with Crippen molar-refractivity contribution in [1.82, 2.24) is 0 Å². The van der Waals surface area contributed by atoms with Gasteiger partial charge < -0.3 is 5.11 Å². The highest BCUT2D eigenvalue weighted by molar-refractivity contribution is 4.98. The van der Waals surface area contributed by atoms with Gasteiger partial charge in [0.05, 0.1) is 6.26 Å². The van der Waals surface area contributed by atoms with Crippen molar-refractivity contribution in [3.05, 3.63) is 36.6 Å².